The Hall–Kier alpha value is -3.81. The first-order valence-corrected chi connectivity index (χ1v) is 10.9. The normalized spacial score (nSPS) is 11.3. The summed E-state index contributed by atoms with van der Waals surface area (Å²) in [5.41, 5.74) is 1.09. The summed E-state index contributed by atoms with van der Waals surface area (Å²) in [5.74, 6) is -1.73. The van der Waals surface area contributed by atoms with Crippen molar-refractivity contribution in [2.75, 3.05) is 7.11 Å². The average molecular weight is 469 g/mol. The number of benzene rings is 2. The highest BCUT2D eigenvalue weighted by molar-refractivity contribution is 5.89. The van der Waals surface area contributed by atoms with E-state index in [1.54, 1.807) is 24.3 Å². The fraction of sp³-hybridized carbons (Fsp3) is 0.346. The molecule has 8 heteroatoms. The van der Waals surface area contributed by atoms with Crippen molar-refractivity contribution in [2.45, 2.75) is 46.0 Å². The van der Waals surface area contributed by atoms with Gasteiger partial charge in [-0.15, -0.1) is 0 Å². The van der Waals surface area contributed by atoms with Crippen molar-refractivity contribution in [3.05, 3.63) is 59.7 Å². The lowest BCUT2D eigenvalue weighted by molar-refractivity contribution is -0.141. The van der Waals surface area contributed by atoms with Gasteiger partial charge in [0.25, 0.3) is 0 Å². The first kappa shape index (κ1) is 26.4. The van der Waals surface area contributed by atoms with Crippen LogP contribution in [0.3, 0.4) is 0 Å². The lowest BCUT2D eigenvalue weighted by Gasteiger charge is -2.15. The minimum atomic E-state index is -0.710. The summed E-state index contributed by atoms with van der Waals surface area (Å²) in [5, 5.41) is 0. The fourth-order valence-electron chi connectivity index (χ4n) is 3.20. The van der Waals surface area contributed by atoms with E-state index in [2.05, 4.69) is 4.74 Å². The maximum Gasteiger partial charge on any atom is 0.337 e. The number of carbonyl (C=O) groups is 5. The monoisotopic (exact) mass is 468 g/mol. The van der Waals surface area contributed by atoms with Gasteiger partial charge in [-0.2, -0.15) is 0 Å². The number of rotatable bonds is 12. The molecule has 0 fully saturated rings. The van der Waals surface area contributed by atoms with Crippen LogP contribution in [0.2, 0.25) is 0 Å². The van der Waals surface area contributed by atoms with E-state index in [0.717, 1.165) is 5.56 Å². The van der Waals surface area contributed by atoms with Gasteiger partial charge < -0.3 is 23.8 Å². The molecule has 1 unspecified atom stereocenters. The van der Waals surface area contributed by atoms with Gasteiger partial charge in [0.2, 0.25) is 0 Å². The summed E-state index contributed by atoms with van der Waals surface area (Å²) in [6.45, 7) is 2.88. The summed E-state index contributed by atoms with van der Waals surface area (Å²) in [6.07, 6.45) is 1.18. The Morgan fingerprint density at radius 3 is 1.91 bits per heavy atom. The molecule has 2 rings (SSSR count). The molecule has 8 nitrogen and oxygen atoms in total. The lowest BCUT2D eigenvalue weighted by atomic mass is 9.94. The Balaban J connectivity index is 1.99. The SMILES string of the molecule is COC(=O)c1ccc(OC(=O)C(CC(C)=O)Cc2ccc(OC(=O)CCCC(C)=O)cc2)cc1. The minimum Gasteiger partial charge on any atom is -0.465 e. The van der Waals surface area contributed by atoms with Crippen molar-refractivity contribution in [1.29, 1.82) is 0 Å². The molecule has 34 heavy (non-hydrogen) atoms. The second kappa shape index (κ2) is 13.0. The van der Waals surface area contributed by atoms with Crippen LogP contribution < -0.4 is 9.47 Å². The largest absolute Gasteiger partial charge is 0.465 e. The van der Waals surface area contributed by atoms with Crippen LogP contribution in [0.1, 0.15) is 55.5 Å². The van der Waals surface area contributed by atoms with Gasteiger partial charge in [-0.1, -0.05) is 12.1 Å². The molecule has 0 amide bonds. The molecule has 0 aliphatic rings. The predicted octanol–water partition coefficient (Wildman–Crippen LogP) is 3.88. The topological polar surface area (TPSA) is 113 Å². The molecule has 1 atom stereocenters. The smallest absolute Gasteiger partial charge is 0.337 e. The third-order valence-corrected chi connectivity index (χ3v) is 4.91. The zero-order chi connectivity index (χ0) is 25.1. The van der Waals surface area contributed by atoms with Crippen LogP contribution in [0.15, 0.2) is 48.5 Å². The number of ether oxygens (including phenoxy) is 3. The third kappa shape index (κ3) is 8.97. The molecule has 0 bridgehead atoms. The highest BCUT2D eigenvalue weighted by Gasteiger charge is 2.23. The molecule has 0 aliphatic heterocycles. The van der Waals surface area contributed by atoms with E-state index >= 15 is 0 Å². The molecule has 0 radical (unpaired) electrons. The van der Waals surface area contributed by atoms with Gasteiger partial charge >= 0.3 is 17.9 Å². The van der Waals surface area contributed by atoms with Crippen molar-refractivity contribution in [2.24, 2.45) is 5.92 Å². The second-order valence-corrected chi connectivity index (χ2v) is 7.92. The Kier molecular flexibility index (Phi) is 10.1. The molecule has 0 N–H and O–H groups in total. The lowest BCUT2D eigenvalue weighted by Crippen LogP contribution is -2.24. The highest BCUT2D eigenvalue weighted by Crippen LogP contribution is 2.21. The summed E-state index contributed by atoms with van der Waals surface area (Å²) < 4.78 is 15.3. The van der Waals surface area contributed by atoms with E-state index < -0.39 is 23.8 Å². The molecule has 0 saturated carbocycles. The van der Waals surface area contributed by atoms with Crippen LogP contribution in [-0.4, -0.2) is 36.6 Å². The Labute approximate surface area is 198 Å². The molecule has 0 heterocycles. The van der Waals surface area contributed by atoms with E-state index in [1.165, 1.54) is 45.2 Å². The van der Waals surface area contributed by atoms with E-state index in [4.69, 9.17) is 9.47 Å². The van der Waals surface area contributed by atoms with E-state index in [-0.39, 0.29) is 36.6 Å². The number of ketones is 2. The summed E-state index contributed by atoms with van der Waals surface area (Å²) in [6, 6.07) is 12.6. The van der Waals surface area contributed by atoms with Gasteiger partial charge in [-0.3, -0.25) is 9.59 Å². The first-order chi connectivity index (χ1) is 16.2. The van der Waals surface area contributed by atoms with Gasteiger partial charge in [0, 0.05) is 19.3 Å². The molecule has 180 valence electrons. The molecule has 2 aromatic rings. The molecule has 2 aromatic carbocycles. The maximum atomic E-state index is 12.7. The van der Waals surface area contributed by atoms with Gasteiger partial charge in [0.15, 0.2) is 0 Å². The Bertz CT molecular complexity index is 1020. The number of esters is 3. The highest BCUT2D eigenvalue weighted by atomic mass is 16.5. The minimum absolute atomic E-state index is 0.00592. The van der Waals surface area contributed by atoms with Crippen molar-refractivity contribution in [1.82, 2.24) is 0 Å². The summed E-state index contributed by atoms with van der Waals surface area (Å²) >= 11 is 0. The molecule has 0 aromatic heterocycles. The molecule has 0 saturated heterocycles. The number of hydrogen-bond acceptors (Lipinski definition) is 8. The number of hydrogen-bond donors (Lipinski definition) is 0. The van der Waals surface area contributed by atoms with Crippen LogP contribution in [0.5, 0.6) is 11.5 Å². The molecule has 0 aliphatic carbocycles. The van der Waals surface area contributed by atoms with E-state index in [9.17, 15) is 24.0 Å². The molecule has 0 spiro atoms. The number of Topliss-reactive ketones (excluding diaryl/α,β-unsaturated/α-hetero) is 2. The van der Waals surface area contributed by atoms with Crippen LogP contribution in [0, 0.1) is 5.92 Å². The number of carbonyl (C=O) groups excluding carboxylic acids is 5. The van der Waals surface area contributed by atoms with Crippen molar-refractivity contribution in [3.8, 4) is 11.5 Å². The van der Waals surface area contributed by atoms with E-state index in [0.29, 0.717) is 24.2 Å². The van der Waals surface area contributed by atoms with Gasteiger partial charge in [-0.05, 0) is 68.7 Å². The van der Waals surface area contributed by atoms with Crippen LogP contribution in [0.25, 0.3) is 0 Å². The molecular formula is C26H28O8. The quantitative estimate of drug-likeness (QED) is 0.341. The standard InChI is InChI=1S/C26H28O8/c1-17(27)5-4-6-24(29)33-22-11-7-19(8-12-22)16-21(15-18(2)28)26(31)34-23-13-9-20(10-14-23)25(30)32-3/h7-14,21H,4-6,15-16H2,1-3H3. The second-order valence-electron chi connectivity index (χ2n) is 7.92. The fourth-order valence-corrected chi connectivity index (χ4v) is 3.20. The van der Waals surface area contributed by atoms with E-state index in [1.807, 2.05) is 0 Å². The Morgan fingerprint density at radius 2 is 1.35 bits per heavy atom. The van der Waals surface area contributed by atoms with Crippen LogP contribution in [-0.2, 0) is 30.3 Å². The van der Waals surface area contributed by atoms with Gasteiger partial charge in [0.1, 0.15) is 23.1 Å². The van der Waals surface area contributed by atoms with Crippen molar-refractivity contribution >= 4 is 29.5 Å². The van der Waals surface area contributed by atoms with Gasteiger partial charge in [0.05, 0.1) is 18.6 Å². The molecular weight excluding hydrogens is 440 g/mol. The van der Waals surface area contributed by atoms with Crippen LogP contribution >= 0.6 is 0 Å². The average Bonchev–Trinajstić information content (AvgIpc) is 2.79. The maximum absolute atomic E-state index is 12.7. The zero-order valence-electron chi connectivity index (χ0n) is 19.5. The first-order valence-electron chi connectivity index (χ1n) is 10.9. The predicted molar refractivity (Wildman–Crippen MR) is 123 cm³/mol. The summed E-state index contributed by atoms with van der Waals surface area (Å²) in [4.78, 5) is 58.8. The number of methoxy groups -OCH3 is 1. The third-order valence-electron chi connectivity index (χ3n) is 4.91. The zero-order valence-corrected chi connectivity index (χ0v) is 19.5. The van der Waals surface area contributed by atoms with Crippen molar-refractivity contribution in [3.63, 3.8) is 0 Å². The Morgan fingerprint density at radius 1 is 0.765 bits per heavy atom. The summed E-state index contributed by atoms with van der Waals surface area (Å²) in [7, 11) is 1.27. The van der Waals surface area contributed by atoms with Gasteiger partial charge in [-0.25, -0.2) is 4.79 Å². The van der Waals surface area contributed by atoms with Crippen molar-refractivity contribution < 1.29 is 38.2 Å². The van der Waals surface area contributed by atoms with Crippen LogP contribution in [0.4, 0.5) is 0 Å².